The molecular weight excluding hydrogens is 166 g/mol. The highest BCUT2D eigenvalue weighted by Crippen LogP contribution is 2.10. The van der Waals surface area contributed by atoms with Crippen molar-refractivity contribution in [1.29, 1.82) is 0 Å². The molecule has 0 amide bonds. The predicted octanol–water partition coefficient (Wildman–Crippen LogP) is 1.79. The third-order valence-corrected chi connectivity index (χ3v) is 1.87. The zero-order valence-corrected chi connectivity index (χ0v) is 6.71. The van der Waals surface area contributed by atoms with E-state index in [9.17, 15) is 4.79 Å². The van der Waals surface area contributed by atoms with Crippen LogP contribution < -0.4 is 5.56 Å². The van der Waals surface area contributed by atoms with Gasteiger partial charge in [-0.2, -0.15) is 0 Å². The van der Waals surface area contributed by atoms with E-state index in [-0.39, 0.29) is 5.56 Å². The van der Waals surface area contributed by atoms with Gasteiger partial charge in [0.1, 0.15) is 0 Å². The summed E-state index contributed by atoms with van der Waals surface area (Å²) in [5.41, 5.74) is 8.85. The van der Waals surface area contributed by atoms with Crippen LogP contribution in [0.3, 0.4) is 0 Å². The molecule has 0 N–H and O–H groups in total. The smallest absolute Gasteiger partial charge is 0.187 e. The highest BCUT2D eigenvalue weighted by Gasteiger charge is 1.92. The highest BCUT2D eigenvalue weighted by molar-refractivity contribution is 5.78. The number of nitrogens with zero attached hydrogens (tertiary/aromatic N) is 3. The van der Waals surface area contributed by atoms with Crippen molar-refractivity contribution in [1.82, 2.24) is 4.68 Å². The molecule has 0 aliphatic heterocycles. The van der Waals surface area contributed by atoms with E-state index in [1.54, 1.807) is 18.2 Å². The number of para-hydroxylation sites is 1. The number of aromatic nitrogens is 1. The molecule has 2 rings (SSSR count). The average Bonchev–Trinajstić information content (AvgIpc) is 2.18. The molecule has 0 bridgehead atoms. The minimum absolute atomic E-state index is 0.346. The fourth-order valence-electron chi connectivity index (χ4n) is 1.26. The van der Waals surface area contributed by atoms with Crippen molar-refractivity contribution in [3.8, 4) is 0 Å². The maximum Gasteiger partial charge on any atom is 0.187 e. The minimum Gasteiger partial charge on any atom is -0.361 e. The molecule has 1 aromatic heterocycles. The fraction of sp³-hybridized carbons (Fsp3) is 0. The van der Waals surface area contributed by atoms with Gasteiger partial charge in [0.05, 0.1) is 0 Å². The summed E-state index contributed by atoms with van der Waals surface area (Å²) in [5, 5.41) is 3.76. The van der Waals surface area contributed by atoms with Gasteiger partial charge in [-0.3, -0.25) is 10.0 Å². The van der Waals surface area contributed by atoms with Gasteiger partial charge < -0.3 is 10.2 Å². The normalized spacial score (nSPS) is 10.2. The van der Waals surface area contributed by atoms with E-state index in [0.29, 0.717) is 5.52 Å². The molecular formula is C9H6N3O-. The molecule has 0 spiro atoms. The van der Waals surface area contributed by atoms with Crippen molar-refractivity contribution >= 4 is 10.9 Å². The lowest BCUT2D eigenvalue weighted by atomic mass is 10.2. The first-order valence-corrected chi connectivity index (χ1v) is 3.79. The Labute approximate surface area is 73.9 Å². The van der Waals surface area contributed by atoms with Crippen LogP contribution in [0.25, 0.3) is 16.4 Å². The topological polar surface area (TPSA) is 56.7 Å². The van der Waals surface area contributed by atoms with E-state index in [0.717, 1.165) is 10.1 Å². The van der Waals surface area contributed by atoms with E-state index in [1.807, 2.05) is 12.1 Å². The van der Waals surface area contributed by atoms with Crippen LogP contribution in [0.15, 0.2) is 46.4 Å². The molecule has 0 aliphatic rings. The van der Waals surface area contributed by atoms with Crippen LogP contribution in [0, 0.1) is 0 Å². The molecule has 0 saturated carbocycles. The maximum absolute atomic E-state index is 11.2. The largest absolute Gasteiger partial charge is 0.361 e. The van der Waals surface area contributed by atoms with Crippen molar-refractivity contribution < 1.29 is 0 Å². The van der Waals surface area contributed by atoms with Crippen molar-refractivity contribution in [2.75, 3.05) is 0 Å². The van der Waals surface area contributed by atoms with E-state index in [4.69, 9.17) is 5.53 Å². The molecule has 2 aromatic rings. The average molecular weight is 172 g/mol. The van der Waals surface area contributed by atoms with Gasteiger partial charge >= 0.3 is 0 Å². The molecule has 64 valence electrons. The Morgan fingerprint density at radius 1 is 1.15 bits per heavy atom. The zero-order valence-electron chi connectivity index (χ0n) is 6.71. The number of fused-ring (bicyclic) bond motifs is 1. The number of pyridine rings is 1. The summed E-state index contributed by atoms with van der Waals surface area (Å²) in [5.74, 6) is 0. The minimum atomic E-state index is -0.346. The quantitative estimate of drug-likeness (QED) is 0.605. The Hall–Kier alpha value is -1.97. The molecule has 0 aliphatic carbocycles. The number of rotatable bonds is 1. The van der Waals surface area contributed by atoms with Crippen molar-refractivity contribution in [2.45, 2.75) is 0 Å². The number of hydrogen-bond donors (Lipinski definition) is 0. The Kier molecular flexibility index (Phi) is 1.66. The predicted molar refractivity (Wildman–Crippen MR) is 49.4 cm³/mol. The van der Waals surface area contributed by atoms with Gasteiger partial charge in [-0.1, -0.05) is 30.3 Å². The molecule has 4 nitrogen and oxygen atoms in total. The number of benzene rings is 1. The molecule has 0 unspecified atom stereocenters. The summed E-state index contributed by atoms with van der Waals surface area (Å²) in [4.78, 5) is 11.2. The molecule has 0 fully saturated rings. The van der Waals surface area contributed by atoms with Gasteiger partial charge in [-0.25, -0.2) is 0 Å². The van der Waals surface area contributed by atoms with Crippen molar-refractivity contribution in [3.05, 3.63) is 52.3 Å². The zero-order chi connectivity index (χ0) is 9.26. The van der Waals surface area contributed by atoms with Crippen LogP contribution in [0.5, 0.6) is 0 Å². The summed E-state index contributed by atoms with van der Waals surface area (Å²) in [7, 11) is 0. The monoisotopic (exact) mass is 172 g/mol. The lowest BCUT2D eigenvalue weighted by molar-refractivity contribution is 0.859. The summed E-state index contributed by atoms with van der Waals surface area (Å²) in [6.07, 6.45) is 0. The van der Waals surface area contributed by atoms with Crippen LogP contribution in [0.2, 0.25) is 0 Å². The summed E-state index contributed by atoms with van der Waals surface area (Å²) >= 11 is 0. The van der Waals surface area contributed by atoms with Crippen molar-refractivity contribution in [3.63, 3.8) is 0 Å². The molecule has 4 heteroatoms. The van der Waals surface area contributed by atoms with Crippen LogP contribution in [-0.4, -0.2) is 4.68 Å². The Morgan fingerprint density at radius 2 is 1.92 bits per heavy atom. The first kappa shape index (κ1) is 7.67. The second kappa shape index (κ2) is 2.82. The Morgan fingerprint density at radius 3 is 2.69 bits per heavy atom. The third-order valence-electron chi connectivity index (χ3n) is 1.87. The lowest BCUT2D eigenvalue weighted by Gasteiger charge is -2.08. The van der Waals surface area contributed by atoms with E-state index in [2.05, 4.69) is 5.22 Å². The lowest BCUT2D eigenvalue weighted by Crippen LogP contribution is -2.13. The van der Waals surface area contributed by atoms with Crippen LogP contribution >= 0.6 is 0 Å². The second-order valence-electron chi connectivity index (χ2n) is 2.63. The maximum atomic E-state index is 11.2. The fourth-order valence-corrected chi connectivity index (χ4v) is 1.26. The van der Waals surface area contributed by atoms with Gasteiger partial charge in [-0.05, 0) is 17.0 Å². The number of hydrogen-bond acceptors (Lipinski definition) is 2. The van der Waals surface area contributed by atoms with Crippen molar-refractivity contribution in [2.24, 2.45) is 5.22 Å². The molecule has 0 atom stereocenters. The standard InChI is InChI=1S/C9H6N3O/c10-11-12-8-4-2-1-3-7(8)5-6-9(12)13/h1-6H/q-1. The van der Waals surface area contributed by atoms with Gasteiger partial charge in [-0.15, -0.1) is 0 Å². The van der Waals surface area contributed by atoms with Crippen LogP contribution in [0.4, 0.5) is 0 Å². The van der Waals surface area contributed by atoms with Crippen LogP contribution in [-0.2, 0) is 0 Å². The summed E-state index contributed by atoms with van der Waals surface area (Å²) < 4.78 is 0.954. The summed E-state index contributed by atoms with van der Waals surface area (Å²) in [6, 6.07) is 10.3. The molecule has 0 radical (unpaired) electrons. The summed E-state index contributed by atoms with van der Waals surface area (Å²) in [6.45, 7) is 0. The van der Waals surface area contributed by atoms with Gasteiger partial charge in [0.25, 0.3) is 0 Å². The SMILES string of the molecule is [N-]=Nn1c(=O)ccc2ccccc21. The van der Waals surface area contributed by atoms with Crippen LogP contribution in [0.1, 0.15) is 0 Å². The van der Waals surface area contributed by atoms with Gasteiger partial charge in [0.2, 0.25) is 0 Å². The van der Waals surface area contributed by atoms with E-state index in [1.165, 1.54) is 6.07 Å². The molecule has 0 saturated heterocycles. The second-order valence-corrected chi connectivity index (χ2v) is 2.63. The highest BCUT2D eigenvalue weighted by atomic mass is 16.1. The molecule has 1 aromatic carbocycles. The Balaban J connectivity index is 3.00. The third kappa shape index (κ3) is 1.12. The van der Waals surface area contributed by atoms with E-state index < -0.39 is 0 Å². The van der Waals surface area contributed by atoms with Gasteiger partial charge in [0.15, 0.2) is 5.56 Å². The van der Waals surface area contributed by atoms with Gasteiger partial charge in [0, 0.05) is 0 Å². The first-order valence-electron chi connectivity index (χ1n) is 3.79. The van der Waals surface area contributed by atoms with E-state index >= 15 is 0 Å². The molecule has 13 heavy (non-hydrogen) atoms. The first-order chi connectivity index (χ1) is 6.33. The Bertz CT molecular complexity index is 515. The molecule has 1 heterocycles.